The van der Waals surface area contributed by atoms with Gasteiger partial charge in [-0.1, -0.05) is 42.1 Å². The van der Waals surface area contributed by atoms with Crippen LogP contribution in [0.1, 0.15) is 19.4 Å². The van der Waals surface area contributed by atoms with Crippen LogP contribution in [0.5, 0.6) is 0 Å². The molecular formula is C13H16O4S. The summed E-state index contributed by atoms with van der Waals surface area (Å²) in [5.41, 5.74) is 0.973. The van der Waals surface area contributed by atoms with Gasteiger partial charge in [0.2, 0.25) is 0 Å². The van der Waals surface area contributed by atoms with Gasteiger partial charge in [-0.2, -0.15) is 0 Å². The van der Waals surface area contributed by atoms with Crippen molar-refractivity contribution in [2.75, 3.05) is 0 Å². The van der Waals surface area contributed by atoms with Crippen molar-refractivity contribution in [2.45, 2.75) is 31.8 Å². The zero-order chi connectivity index (χ0) is 13.5. The van der Waals surface area contributed by atoms with Crippen LogP contribution in [-0.4, -0.2) is 27.5 Å². The Morgan fingerprint density at radius 2 is 1.94 bits per heavy atom. The topological polar surface area (TPSA) is 63.6 Å². The molecule has 1 rings (SSSR count). The van der Waals surface area contributed by atoms with E-state index in [2.05, 4.69) is 0 Å². The highest BCUT2D eigenvalue weighted by Gasteiger charge is 2.27. The molecule has 1 aromatic rings. The van der Waals surface area contributed by atoms with E-state index in [9.17, 15) is 9.59 Å². The molecule has 1 aromatic carbocycles. The van der Waals surface area contributed by atoms with E-state index in [-0.39, 0.29) is 5.12 Å². The molecule has 0 spiro atoms. The van der Waals surface area contributed by atoms with Gasteiger partial charge in [0.05, 0.1) is 12.7 Å². The molecule has 0 bridgehead atoms. The standard InChI is InChI=1S/C13H16O4S/c1-9(12(13(15)16)18-10(2)14)17-8-11-6-4-3-5-7-11/h3-7,9,12H,8H2,1-2H3,(H,15,16)/t9-,12+/m0/s1. The molecule has 0 fully saturated rings. The highest BCUT2D eigenvalue weighted by atomic mass is 32.2. The second kappa shape index (κ2) is 7.18. The Morgan fingerprint density at radius 1 is 1.33 bits per heavy atom. The van der Waals surface area contributed by atoms with Crippen molar-refractivity contribution in [3.05, 3.63) is 35.9 Å². The molecule has 0 aliphatic rings. The van der Waals surface area contributed by atoms with E-state index >= 15 is 0 Å². The van der Waals surface area contributed by atoms with Gasteiger partial charge in [-0.25, -0.2) is 0 Å². The number of rotatable bonds is 6. The monoisotopic (exact) mass is 268 g/mol. The van der Waals surface area contributed by atoms with Crippen LogP contribution in [0.25, 0.3) is 0 Å². The average molecular weight is 268 g/mol. The van der Waals surface area contributed by atoms with E-state index < -0.39 is 17.3 Å². The minimum Gasteiger partial charge on any atom is -0.480 e. The summed E-state index contributed by atoms with van der Waals surface area (Å²) in [6, 6.07) is 9.49. The summed E-state index contributed by atoms with van der Waals surface area (Å²) in [6.07, 6.45) is -0.531. The molecule has 0 radical (unpaired) electrons. The number of carboxylic acids is 1. The molecule has 0 unspecified atom stereocenters. The fourth-order valence-corrected chi connectivity index (χ4v) is 2.14. The smallest absolute Gasteiger partial charge is 0.319 e. The van der Waals surface area contributed by atoms with Crippen molar-refractivity contribution < 1.29 is 19.4 Å². The molecule has 0 heterocycles. The van der Waals surface area contributed by atoms with Gasteiger partial charge in [0.15, 0.2) is 5.12 Å². The molecule has 2 atom stereocenters. The molecule has 98 valence electrons. The summed E-state index contributed by atoms with van der Waals surface area (Å²) < 4.78 is 5.50. The van der Waals surface area contributed by atoms with E-state index in [1.165, 1.54) is 6.92 Å². The number of ether oxygens (including phenoxy) is 1. The first-order valence-electron chi connectivity index (χ1n) is 5.56. The molecule has 1 N–H and O–H groups in total. The second-order valence-corrected chi connectivity index (χ2v) is 5.19. The summed E-state index contributed by atoms with van der Waals surface area (Å²) in [6.45, 7) is 3.35. The average Bonchev–Trinajstić information content (AvgIpc) is 2.34. The lowest BCUT2D eigenvalue weighted by molar-refractivity contribution is -0.139. The summed E-state index contributed by atoms with van der Waals surface area (Å²) in [7, 11) is 0. The van der Waals surface area contributed by atoms with Gasteiger partial charge in [0.25, 0.3) is 0 Å². The summed E-state index contributed by atoms with van der Waals surface area (Å²) >= 11 is 0.787. The molecule has 0 saturated carbocycles. The normalized spacial score (nSPS) is 13.9. The van der Waals surface area contributed by atoms with Gasteiger partial charge in [0, 0.05) is 6.92 Å². The SMILES string of the molecule is CC(=O)S[C@@H](C(=O)O)[C@H](C)OCc1ccccc1. The Morgan fingerprint density at radius 3 is 2.44 bits per heavy atom. The van der Waals surface area contributed by atoms with Gasteiger partial charge in [0.1, 0.15) is 5.25 Å². The maximum atomic E-state index is 11.0. The predicted molar refractivity (Wildman–Crippen MR) is 70.4 cm³/mol. The van der Waals surface area contributed by atoms with E-state index in [1.54, 1.807) is 6.92 Å². The van der Waals surface area contributed by atoms with Crippen molar-refractivity contribution >= 4 is 22.8 Å². The van der Waals surface area contributed by atoms with Crippen molar-refractivity contribution in [3.8, 4) is 0 Å². The van der Waals surface area contributed by atoms with Crippen LogP contribution < -0.4 is 0 Å². The minimum atomic E-state index is -1.03. The first-order chi connectivity index (χ1) is 8.50. The Labute approximate surface area is 110 Å². The minimum absolute atomic E-state index is 0.224. The number of carbonyl (C=O) groups excluding carboxylic acids is 1. The highest BCUT2D eigenvalue weighted by molar-refractivity contribution is 8.14. The lowest BCUT2D eigenvalue weighted by Crippen LogP contribution is -2.32. The Bertz CT molecular complexity index is 405. The zero-order valence-corrected chi connectivity index (χ0v) is 11.1. The number of benzene rings is 1. The summed E-state index contributed by atoms with van der Waals surface area (Å²) in [4.78, 5) is 22.0. The molecule has 0 aromatic heterocycles. The maximum Gasteiger partial charge on any atom is 0.319 e. The lowest BCUT2D eigenvalue weighted by Gasteiger charge is -2.19. The predicted octanol–water partition coefficient (Wildman–Crippen LogP) is 2.32. The van der Waals surface area contributed by atoms with Crippen molar-refractivity contribution in [2.24, 2.45) is 0 Å². The second-order valence-electron chi connectivity index (χ2n) is 3.87. The first kappa shape index (κ1) is 14.7. The van der Waals surface area contributed by atoms with Gasteiger partial charge >= 0.3 is 5.97 Å². The molecule has 5 heteroatoms. The Balaban J connectivity index is 2.54. The molecule has 0 saturated heterocycles. The fourth-order valence-electron chi connectivity index (χ4n) is 1.42. The number of carbonyl (C=O) groups is 2. The summed E-state index contributed by atoms with van der Waals surface area (Å²) in [5.74, 6) is -1.03. The number of aliphatic carboxylic acids is 1. The number of carboxylic acid groups (broad SMARTS) is 1. The highest BCUT2D eigenvalue weighted by Crippen LogP contribution is 2.19. The van der Waals surface area contributed by atoms with Crippen LogP contribution in [0.4, 0.5) is 0 Å². The maximum absolute atomic E-state index is 11.0. The summed E-state index contributed by atoms with van der Waals surface area (Å²) in [5, 5.41) is 7.94. The zero-order valence-electron chi connectivity index (χ0n) is 10.3. The van der Waals surface area contributed by atoms with Crippen LogP contribution in [0, 0.1) is 0 Å². The van der Waals surface area contributed by atoms with Crippen LogP contribution in [0.3, 0.4) is 0 Å². The molecule has 4 nitrogen and oxygen atoms in total. The van der Waals surface area contributed by atoms with Gasteiger partial charge in [-0.05, 0) is 12.5 Å². The lowest BCUT2D eigenvalue weighted by atomic mass is 10.2. The van der Waals surface area contributed by atoms with Crippen LogP contribution in [0.2, 0.25) is 0 Å². The van der Waals surface area contributed by atoms with Crippen molar-refractivity contribution in [3.63, 3.8) is 0 Å². The number of hydrogen-bond donors (Lipinski definition) is 1. The molecule has 0 amide bonds. The third kappa shape index (κ3) is 4.89. The van der Waals surface area contributed by atoms with E-state index in [0.29, 0.717) is 6.61 Å². The van der Waals surface area contributed by atoms with Crippen LogP contribution in [0.15, 0.2) is 30.3 Å². The Hall–Kier alpha value is -1.33. The van der Waals surface area contributed by atoms with Gasteiger partial charge in [-0.3, -0.25) is 9.59 Å². The molecule has 0 aliphatic carbocycles. The van der Waals surface area contributed by atoms with Crippen LogP contribution >= 0.6 is 11.8 Å². The Kier molecular flexibility index (Phi) is 5.88. The van der Waals surface area contributed by atoms with E-state index in [1.807, 2.05) is 30.3 Å². The van der Waals surface area contributed by atoms with Crippen molar-refractivity contribution in [1.29, 1.82) is 0 Å². The third-order valence-corrected chi connectivity index (χ3v) is 3.49. The van der Waals surface area contributed by atoms with E-state index in [4.69, 9.17) is 9.84 Å². The quantitative estimate of drug-likeness (QED) is 0.857. The fraction of sp³-hybridized carbons (Fsp3) is 0.385. The first-order valence-corrected chi connectivity index (χ1v) is 6.44. The third-order valence-electron chi connectivity index (χ3n) is 2.32. The molecule has 18 heavy (non-hydrogen) atoms. The number of hydrogen-bond acceptors (Lipinski definition) is 4. The van der Waals surface area contributed by atoms with E-state index in [0.717, 1.165) is 17.3 Å². The molecule has 0 aliphatic heterocycles. The number of thioether (sulfide) groups is 1. The largest absolute Gasteiger partial charge is 0.480 e. The van der Waals surface area contributed by atoms with Gasteiger partial charge in [-0.15, -0.1) is 0 Å². The molecular weight excluding hydrogens is 252 g/mol. The van der Waals surface area contributed by atoms with Crippen LogP contribution in [-0.2, 0) is 20.9 Å². The van der Waals surface area contributed by atoms with Gasteiger partial charge < -0.3 is 9.84 Å². The van der Waals surface area contributed by atoms with Crippen molar-refractivity contribution in [1.82, 2.24) is 0 Å².